The molecule has 0 amide bonds. The van der Waals surface area contributed by atoms with Gasteiger partial charge in [0.1, 0.15) is 12.7 Å². The Bertz CT molecular complexity index is 1480. The molecule has 16 heteroatoms. The van der Waals surface area contributed by atoms with E-state index in [1.54, 1.807) is 0 Å². The number of aliphatic hydroxyl groups excluding tert-OH is 1. The molecule has 0 aliphatic carbocycles. The van der Waals surface area contributed by atoms with Gasteiger partial charge in [-0.15, -0.1) is 0 Å². The van der Waals surface area contributed by atoms with Crippen LogP contribution in [-0.4, -0.2) is 82.6 Å². The van der Waals surface area contributed by atoms with E-state index in [2.05, 4.69) is 95.8 Å². The second-order valence-electron chi connectivity index (χ2n) is 15.0. The van der Waals surface area contributed by atoms with E-state index in [0.29, 0.717) is 31.5 Å². The highest BCUT2D eigenvalue weighted by atomic mass is 31.2. The maximum absolute atomic E-state index is 12.7. The summed E-state index contributed by atoms with van der Waals surface area (Å²) in [6.07, 6.45) is 44.6. The molecule has 1 aliphatic rings. The zero-order valence-corrected chi connectivity index (χ0v) is 38.9. The van der Waals surface area contributed by atoms with Crippen molar-refractivity contribution in [3.8, 4) is 0 Å². The van der Waals surface area contributed by atoms with Gasteiger partial charge in [0.15, 0.2) is 6.10 Å². The van der Waals surface area contributed by atoms with E-state index in [1.807, 2.05) is 12.2 Å². The fourth-order valence-corrected chi connectivity index (χ4v) is 6.82. The molecule has 1 fully saturated rings. The van der Waals surface area contributed by atoms with E-state index in [4.69, 9.17) is 28.5 Å². The van der Waals surface area contributed by atoms with Gasteiger partial charge in [-0.3, -0.25) is 23.2 Å². The number of unbranched alkanes of at least 4 members (excludes halogenated alkanes) is 8. The Kier molecular flexibility index (Phi) is 34.8. The lowest BCUT2D eigenvalue weighted by Gasteiger charge is -2.20. The van der Waals surface area contributed by atoms with Crippen LogP contribution < -0.4 is 0 Å². The average Bonchev–Trinajstić information content (AvgIpc) is 3.99. The third-order valence-electron chi connectivity index (χ3n) is 9.16. The second-order valence-corrected chi connectivity index (χ2v) is 17.7. The number of esters is 2. The first-order chi connectivity index (χ1) is 29.8. The summed E-state index contributed by atoms with van der Waals surface area (Å²) in [7, 11) is -9.71. The highest BCUT2D eigenvalue weighted by Gasteiger charge is 2.36. The number of hydrogen-bond acceptors (Lipinski definition) is 11. The van der Waals surface area contributed by atoms with Crippen LogP contribution in [0.1, 0.15) is 142 Å². The quantitative estimate of drug-likeness (QED) is 0.0148. The third-order valence-corrected chi connectivity index (χ3v) is 10.6. The third kappa shape index (κ3) is 37.8. The number of aliphatic hydroxyl groups is 1. The minimum Gasteiger partial charge on any atom is -0.462 e. The fraction of sp³-hybridized carbons (Fsp3) is 0.652. The van der Waals surface area contributed by atoms with Gasteiger partial charge < -0.3 is 34.0 Å². The lowest BCUT2D eigenvalue weighted by molar-refractivity contribution is -0.161. The van der Waals surface area contributed by atoms with Crippen LogP contribution in [-0.2, 0) is 46.5 Å². The van der Waals surface area contributed by atoms with Crippen LogP contribution in [0.3, 0.4) is 0 Å². The first-order valence-electron chi connectivity index (χ1n) is 22.4. The Labute approximate surface area is 371 Å². The molecule has 1 aliphatic heterocycles. The minimum atomic E-state index is -4.88. The van der Waals surface area contributed by atoms with Gasteiger partial charge in [0.05, 0.1) is 32.0 Å². The smallest absolute Gasteiger partial charge is 0.462 e. The predicted molar refractivity (Wildman–Crippen MR) is 243 cm³/mol. The molecular formula is C46H76O14P2. The summed E-state index contributed by atoms with van der Waals surface area (Å²) >= 11 is 0. The molecule has 5 atom stereocenters. The van der Waals surface area contributed by atoms with E-state index >= 15 is 0 Å². The number of epoxide rings is 1. The lowest BCUT2D eigenvalue weighted by Crippen LogP contribution is -2.30. The second kappa shape index (κ2) is 37.6. The zero-order valence-electron chi connectivity index (χ0n) is 37.1. The van der Waals surface area contributed by atoms with Crippen LogP contribution in [0, 0.1) is 0 Å². The molecule has 1 heterocycles. The summed E-state index contributed by atoms with van der Waals surface area (Å²) in [6, 6.07) is 0. The number of carbonyl (C=O) groups excluding carboxylic acids is 2. The molecule has 0 radical (unpaired) electrons. The van der Waals surface area contributed by atoms with Crippen molar-refractivity contribution in [2.24, 2.45) is 0 Å². The molecular weight excluding hydrogens is 838 g/mol. The van der Waals surface area contributed by atoms with Crippen molar-refractivity contribution in [2.45, 2.75) is 167 Å². The van der Waals surface area contributed by atoms with Crippen molar-refractivity contribution >= 4 is 27.6 Å². The van der Waals surface area contributed by atoms with Crippen molar-refractivity contribution in [3.05, 3.63) is 85.1 Å². The van der Waals surface area contributed by atoms with E-state index < -0.39 is 66.2 Å². The minimum absolute atomic E-state index is 0.0840. The van der Waals surface area contributed by atoms with Gasteiger partial charge >= 0.3 is 27.6 Å². The van der Waals surface area contributed by atoms with E-state index in [9.17, 15) is 28.7 Å². The van der Waals surface area contributed by atoms with Crippen molar-refractivity contribution < 1.29 is 66.3 Å². The zero-order chi connectivity index (χ0) is 45.6. The standard InChI is InChI=1S/C46H76O14P2/c1-3-5-7-9-11-12-13-14-15-16-17-18-19-20-23-28-32-36-46(49)59-42(40-58-62(53,54)57-38-41(47)37-56-61(50,51)52)39-55-45(48)35-31-27-24-21-22-26-30-34-44-43(60-44)33-29-25-10-8-6-4-2/h5,7,11-12,14-15,17-18,21,24-26,29-30,41-44,47H,3-4,6,8-10,13,16,19-20,22-23,27-28,31-40H2,1-2H3,(H,53,54)(H2,50,51,52)/b7-5-,12-11-,15-14-,18-17-,24-21-,29-25-,30-26-/t41-,42+,43?,44?/m0/s1. The lowest BCUT2D eigenvalue weighted by atomic mass is 10.1. The Morgan fingerprint density at radius 1 is 0.565 bits per heavy atom. The molecule has 1 saturated heterocycles. The topological polar surface area (TPSA) is 208 Å². The van der Waals surface area contributed by atoms with Gasteiger partial charge in [-0.2, -0.15) is 0 Å². The monoisotopic (exact) mass is 914 g/mol. The number of allylic oxidation sites excluding steroid dienone is 12. The highest BCUT2D eigenvalue weighted by Crippen LogP contribution is 2.44. The average molecular weight is 915 g/mol. The molecule has 14 nitrogen and oxygen atoms in total. The molecule has 0 spiro atoms. The normalized spacial score (nSPS) is 18.0. The molecule has 0 bridgehead atoms. The maximum atomic E-state index is 12.7. The van der Waals surface area contributed by atoms with Crippen LogP contribution in [0.5, 0.6) is 0 Å². The summed E-state index contributed by atoms with van der Waals surface area (Å²) in [5.74, 6) is -1.14. The number of ether oxygens (including phenoxy) is 3. The Morgan fingerprint density at radius 2 is 1.05 bits per heavy atom. The SMILES string of the molecule is CC/C=C\C/C=C\C/C=C\C/C=C\CCCCCCC(=O)O[C@H](COC(=O)CCC/C=C\C/C=C\CC1OC1C/C=C\CCCCC)COP(=O)(O)OC[C@@H](O)COP(=O)(O)O. The number of carbonyl (C=O) groups is 2. The molecule has 0 aromatic heterocycles. The largest absolute Gasteiger partial charge is 0.472 e. The molecule has 1 rings (SSSR count). The molecule has 0 aromatic carbocycles. The predicted octanol–water partition coefficient (Wildman–Crippen LogP) is 10.5. The van der Waals surface area contributed by atoms with Gasteiger partial charge in [-0.05, 0) is 89.9 Å². The van der Waals surface area contributed by atoms with Gasteiger partial charge in [-0.1, -0.05) is 125 Å². The van der Waals surface area contributed by atoms with E-state index in [0.717, 1.165) is 77.0 Å². The molecule has 0 saturated carbocycles. The number of hydrogen-bond donors (Lipinski definition) is 4. The van der Waals surface area contributed by atoms with Crippen molar-refractivity contribution in [2.75, 3.05) is 26.4 Å². The summed E-state index contributed by atoms with van der Waals surface area (Å²) in [5.41, 5.74) is 0. The molecule has 3 unspecified atom stereocenters. The van der Waals surface area contributed by atoms with Crippen LogP contribution >= 0.6 is 15.6 Å². The summed E-state index contributed by atoms with van der Waals surface area (Å²) in [4.78, 5) is 52.8. The van der Waals surface area contributed by atoms with Gasteiger partial charge in [0, 0.05) is 12.8 Å². The molecule has 0 aromatic rings. The van der Waals surface area contributed by atoms with Crippen molar-refractivity contribution in [1.82, 2.24) is 0 Å². The Morgan fingerprint density at radius 3 is 1.66 bits per heavy atom. The van der Waals surface area contributed by atoms with Gasteiger partial charge in [-0.25, -0.2) is 9.13 Å². The van der Waals surface area contributed by atoms with Crippen molar-refractivity contribution in [3.63, 3.8) is 0 Å². The molecule has 354 valence electrons. The van der Waals surface area contributed by atoms with Gasteiger partial charge in [0.2, 0.25) is 0 Å². The summed E-state index contributed by atoms with van der Waals surface area (Å²) < 4.78 is 53.5. The maximum Gasteiger partial charge on any atom is 0.472 e. The van der Waals surface area contributed by atoms with Crippen LogP contribution in [0.4, 0.5) is 0 Å². The number of phosphoric acid groups is 2. The molecule has 4 N–H and O–H groups in total. The van der Waals surface area contributed by atoms with Crippen LogP contribution in [0.25, 0.3) is 0 Å². The van der Waals surface area contributed by atoms with Gasteiger partial charge in [0.25, 0.3) is 0 Å². The Balaban J connectivity index is 2.42. The van der Waals surface area contributed by atoms with E-state index in [-0.39, 0.29) is 12.8 Å². The van der Waals surface area contributed by atoms with Crippen LogP contribution in [0.2, 0.25) is 0 Å². The fourth-order valence-electron chi connectivity index (χ4n) is 5.67. The summed E-state index contributed by atoms with van der Waals surface area (Å²) in [5, 5.41) is 9.76. The van der Waals surface area contributed by atoms with Crippen molar-refractivity contribution in [1.29, 1.82) is 0 Å². The highest BCUT2D eigenvalue weighted by molar-refractivity contribution is 7.47. The first kappa shape index (κ1) is 57.3. The molecule has 62 heavy (non-hydrogen) atoms. The first-order valence-corrected chi connectivity index (χ1v) is 25.4. The van der Waals surface area contributed by atoms with E-state index in [1.165, 1.54) is 19.3 Å². The Hall–Kier alpha value is -2.74. The number of phosphoric ester groups is 2. The summed E-state index contributed by atoms with van der Waals surface area (Å²) in [6.45, 7) is 1.50. The number of rotatable bonds is 40. The van der Waals surface area contributed by atoms with Crippen LogP contribution in [0.15, 0.2) is 85.1 Å².